The molecule has 0 aromatic heterocycles. The fourth-order valence-corrected chi connectivity index (χ4v) is 2.79. The van der Waals surface area contributed by atoms with E-state index >= 15 is 0 Å². The van der Waals surface area contributed by atoms with Crippen molar-refractivity contribution < 1.29 is 14.3 Å². The first-order valence-corrected chi connectivity index (χ1v) is 8.81. The minimum Gasteiger partial charge on any atom is -0.496 e. The number of carbonyl (C=O) groups is 1. The zero-order chi connectivity index (χ0) is 19.2. The highest BCUT2D eigenvalue weighted by Gasteiger charge is 2.12. The molecule has 1 amide bonds. The van der Waals surface area contributed by atoms with E-state index in [4.69, 9.17) is 9.47 Å². The fourth-order valence-electron chi connectivity index (χ4n) is 2.79. The number of aryl methyl sites for hydroxylation is 1. The summed E-state index contributed by atoms with van der Waals surface area (Å²) in [4.78, 5) is 12.7. The molecule has 3 aromatic rings. The molecule has 0 spiro atoms. The van der Waals surface area contributed by atoms with Crippen LogP contribution >= 0.6 is 0 Å². The summed E-state index contributed by atoms with van der Waals surface area (Å²) >= 11 is 0. The molecule has 0 aliphatic rings. The van der Waals surface area contributed by atoms with Gasteiger partial charge < -0.3 is 14.8 Å². The first kappa shape index (κ1) is 18.5. The van der Waals surface area contributed by atoms with Crippen LogP contribution in [0, 0.1) is 13.8 Å². The molecular formula is C23H23NO3. The Morgan fingerprint density at radius 1 is 0.963 bits per heavy atom. The zero-order valence-electron chi connectivity index (χ0n) is 15.8. The number of para-hydroxylation sites is 1. The third-order valence-corrected chi connectivity index (χ3v) is 4.53. The van der Waals surface area contributed by atoms with Gasteiger partial charge in [0.15, 0.2) is 0 Å². The Morgan fingerprint density at radius 3 is 2.48 bits per heavy atom. The lowest BCUT2D eigenvalue weighted by molar-refractivity contribution is 0.102. The summed E-state index contributed by atoms with van der Waals surface area (Å²) in [6.45, 7) is 4.34. The van der Waals surface area contributed by atoms with Gasteiger partial charge in [-0.25, -0.2) is 0 Å². The lowest BCUT2D eigenvalue weighted by Crippen LogP contribution is -2.14. The van der Waals surface area contributed by atoms with Crippen LogP contribution in [0.2, 0.25) is 0 Å². The molecule has 0 heterocycles. The lowest BCUT2D eigenvalue weighted by atomic mass is 10.1. The van der Waals surface area contributed by atoms with Gasteiger partial charge in [0, 0.05) is 16.8 Å². The second-order valence-electron chi connectivity index (χ2n) is 6.33. The van der Waals surface area contributed by atoms with Crippen LogP contribution in [0.3, 0.4) is 0 Å². The van der Waals surface area contributed by atoms with Gasteiger partial charge in [0.2, 0.25) is 0 Å². The van der Waals surface area contributed by atoms with Crippen molar-refractivity contribution in [2.75, 3.05) is 12.4 Å². The van der Waals surface area contributed by atoms with Crippen molar-refractivity contribution >= 4 is 11.6 Å². The van der Waals surface area contributed by atoms with Gasteiger partial charge in [-0.1, -0.05) is 30.3 Å². The summed E-state index contributed by atoms with van der Waals surface area (Å²) in [5, 5.41) is 2.99. The normalized spacial score (nSPS) is 10.3. The maximum atomic E-state index is 12.7. The van der Waals surface area contributed by atoms with Gasteiger partial charge in [-0.2, -0.15) is 0 Å². The van der Waals surface area contributed by atoms with Crippen LogP contribution in [-0.2, 0) is 6.61 Å². The number of hydrogen-bond acceptors (Lipinski definition) is 3. The average Bonchev–Trinajstić information content (AvgIpc) is 2.70. The number of nitrogens with one attached hydrogen (secondary N) is 1. The number of amides is 1. The number of carbonyl (C=O) groups excluding carboxylic acids is 1. The van der Waals surface area contributed by atoms with Gasteiger partial charge in [0.1, 0.15) is 18.1 Å². The third-order valence-electron chi connectivity index (χ3n) is 4.53. The standard InChI is InChI=1S/C23H23NO3/c1-16-8-7-11-21(17(16)2)24-23(25)18-12-13-22(26-3)19(14-18)15-27-20-9-5-4-6-10-20/h4-14H,15H2,1-3H3,(H,24,25). The minimum atomic E-state index is -0.160. The number of benzene rings is 3. The highest BCUT2D eigenvalue weighted by molar-refractivity contribution is 6.05. The summed E-state index contributed by atoms with van der Waals surface area (Å²) in [5.41, 5.74) is 4.39. The molecule has 0 radical (unpaired) electrons. The molecule has 0 aliphatic heterocycles. The molecule has 27 heavy (non-hydrogen) atoms. The number of methoxy groups -OCH3 is 1. The topological polar surface area (TPSA) is 47.6 Å². The Bertz CT molecular complexity index is 936. The number of hydrogen-bond donors (Lipinski definition) is 1. The average molecular weight is 361 g/mol. The Hall–Kier alpha value is -3.27. The van der Waals surface area contributed by atoms with Crippen LogP contribution < -0.4 is 14.8 Å². The molecule has 3 aromatic carbocycles. The Balaban J connectivity index is 1.79. The van der Waals surface area contributed by atoms with E-state index < -0.39 is 0 Å². The second-order valence-corrected chi connectivity index (χ2v) is 6.33. The van der Waals surface area contributed by atoms with E-state index in [1.165, 1.54) is 0 Å². The molecule has 0 saturated heterocycles. The van der Waals surface area contributed by atoms with Gasteiger partial charge in [-0.3, -0.25) is 4.79 Å². The van der Waals surface area contributed by atoms with E-state index in [-0.39, 0.29) is 5.91 Å². The molecule has 1 N–H and O–H groups in total. The number of anilines is 1. The summed E-state index contributed by atoms with van der Waals surface area (Å²) in [6, 6.07) is 20.8. The second kappa shape index (κ2) is 8.41. The molecule has 4 heteroatoms. The van der Waals surface area contributed by atoms with Crippen molar-refractivity contribution in [2.24, 2.45) is 0 Å². The quantitative estimate of drug-likeness (QED) is 0.661. The molecule has 0 atom stereocenters. The van der Waals surface area contributed by atoms with Crippen molar-refractivity contribution in [1.29, 1.82) is 0 Å². The first-order chi connectivity index (χ1) is 13.1. The van der Waals surface area contributed by atoms with Gasteiger partial charge in [-0.15, -0.1) is 0 Å². The van der Waals surface area contributed by atoms with Crippen molar-refractivity contribution in [3.05, 3.63) is 89.0 Å². The Labute approximate surface area is 159 Å². The van der Waals surface area contributed by atoms with Gasteiger partial charge in [0.25, 0.3) is 5.91 Å². The van der Waals surface area contributed by atoms with E-state index in [1.54, 1.807) is 19.2 Å². The molecular weight excluding hydrogens is 338 g/mol. The van der Waals surface area contributed by atoms with Crippen LogP contribution in [-0.4, -0.2) is 13.0 Å². The SMILES string of the molecule is COc1ccc(C(=O)Nc2cccc(C)c2C)cc1COc1ccccc1. The predicted octanol–water partition coefficient (Wildman–Crippen LogP) is 5.14. The van der Waals surface area contributed by atoms with Gasteiger partial charge >= 0.3 is 0 Å². The monoisotopic (exact) mass is 361 g/mol. The molecule has 4 nitrogen and oxygen atoms in total. The fraction of sp³-hybridized carbons (Fsp3) is 0.174. The van der Waals surface area contributed by atoms with Crippen molar-refractivity contribution in [1.82, 2.24) is 0 Å². The van der Waals surface area contributed by atoms with E-state index in [1.807, 2.05) is 68.4 Å². The van der Waals surface area contributed by atoms with Crippen LogP contribution in [0.4, 0.5) is 5.69 Å². The molecule has 0 unspecified atom stereocenters. The van der Waals surface area contributed by atoms with E-state index in [9.17, 15) is 4.79 Å². The Kier molecular flexibility index (Phi) is 5.77. The smallest absolute Gasteiger partial charge is 0.255 e. The van der Waals surface area contributed by atoms with Crippen LogP contribution in [0.25, 0.3) is 0 Å². The van der Waals surface area contributed by atoms with Crippen molar-refractivity contribution in [3.63, 3.8) is 0 Å². The predicted molar refractivity (Wildman–Crippen MR) is 108 cm³/mol. The molecule has 0 bridgehead atoms. The number of ether oxygens (including phenoxy) is 2. The van der Waals surface area contributed by atoms with E-state index in [0.29, 0.717) is 17.9 Å². The minimum absolute atomic E-state index is 0.160. The largest absolute Gasteiger partial charge is 0.496 e. The summed E-state index contributed by atoms with van der Waals surface area (Å²) < 4.78 is 11.2. The Morgan fingerprint density at radius 2 is 1.74 bits per heavy atom. The van der Waals surface area contributed by atoms with Crippen LogP contribution in [0.15, 0.2) is 66.7 Å². The molecule has 138 valence electrons. The third kappa shape index (κ3) is 4.47. The highest BCUT2D eigenvalue weighted by atomic mass is 16.5. The summed E-state index contributed by atoms with van der Waals surface area (Å²) in [5.74, 6) is 1.30. The molecule has 3 rings (SSSR count). The molecule has 0 fully saturated rings. The van der Waals surface area contributed by atoms with Gasteiger partial charge in [-0.05, 0) is 61.4 Å². The van der Waals surface area contributed by atoms with Crippen LogP contribution in [0.1, 0.15) is 27.0 Å². The van der Waals surface area contributed by atoms with E-state index in [0.717, 1.165) is 28.1 Å². The van der Waals surface area contributed by atoms with Crippen molar-refractivity contribution in [3.8, 4) is 11.5 Å². The van der Waals surface area contributed by atoms with E-state index in [2.05, 4.69) is 5.32 Å². The maximum Gasteiger partial charge on any atom is 0.255 e. The summed E-state index contributed by atoms with van der Waals surface area (Å²) in [7, 11) is 1.61. The highest BCUT2D eigenvalue weighted by Crippen LogP contribution is 2.24. The van der Waals surface area contributed by atoms with Crippen LogP contribution in [0.5, 0.6) is 11.5 Å². The van der Waals surface area contributed by atoms with Crippen molar-refractivity contribution in [2.45, 2.75) is 20.5 Å². The first-order valence-electron chi connectivity index (χ1n) is 8.81. The summed E-state index contributed by atoms with van der Waals surface area (Å²) in [6.07, 6.45) is 0. The maximum absolute atomic E-state index is 12.7. The molecule has 0 aliphatic carbocycles. The lowest BCUT2D eigenvalue weighted by Gasteiger charge is -2.13. The zero-order valence-corrected chi connectivity index (χ0v) is 15.8. The molecule has 0 saturated carbocycles. The number of rotatable bonds is 6. The van der Waals surface area contributed by atoms with Gasteiger partial charge in [0.05, 0.1) is 7.11 Å².